The number of hydrogen-bond donors (Lipinski definition) is 2. The SMILES string of the molecule is Cc1ccsc1C=Nc1cccc2c(=O)[nH][nH]c(=O)c12. The van der Waals surface area contributed by atoms with Crippen LogP contribution < -0.4 is 11.1 Å². The number of fused-ring (bicyclic) bond motifs is 1. The Balaban J connectivity index is 2.20. The third-order valence-electron chi connectivity index (χ3n) is 3.03. The topological polar surface area (TPSA) is 78.1 Å². The van der Waals surface area contributed by atoms with Gasteiger partial charge in [-0.3, -0.25) is 24.8 Å². The number of thiophene rings is 1. The highest BCUT2D eigenvalue weighted by Crippen LogP contribution is 2.21. The van der Waals surface area contributed by atoms with Gasteiger partial charge in [0.05, 0.1) is 16.5 Å². The fourth-order valence-electron chi connectivity index (χ4n) is 1.96. The van der Waals surface area contributed by atoms with Crippen LogP contribution in [0.3, 0.4) is 0 Å². The van der Waals surface area contributed by atoms with E-state index in [2.05, 4.69) is 15.2 Å². The second-order valence-corrected chi connectivity index (χ2v) is 5.28. The molecule has 0 saturated carbocycles. The van der Waals surface area contributed by atoms with Gasteiger partial charge in [0.15, 0.2) is 0 Å². The van der Waals surface area contributed by atoms with Crippen LogP contribution in [0.2, 0.25) is 0 Å². The van der Waals surface area contributed by atoms with E-state index in [-0.39, 0.29) is 11.1 Å². The molecule has 0 bridgehead atoms. The average molecular weight is 285 g/mol. The zero-order valence-electron chi connectivity index (χ0n) is 10.6. The van der Waals surface area contributed by atoms with Crippen LogP contribution in [0.4, 0.5) is 5.69 Å². The van der Waals surface area contributed by atoms with Crippen molar-refractivity contribution >= 4 is 34.0 Å². The Bertz CT molecular complexity index is 918. The Morgan fingerprint density at radius 2 is 1.95 bits per heavy atom. The number of benzene rings is 1. The monoisotopic (exact) mass is 285 g/mol. The zero-order valence-corrected chi connectivity index (χ0v) is 11.5. The molecule has 3 aromatic rings. The summed E-state index contributed by atoms with van der Waals surface area (Å²) in [5.41, 5.74) is 0.938. The van der Waals surface area contributed by atoms with Crippen molar-refractivity contribution in [2.45, 2.75) is 6.92 Å². The fourth-order valence-corrected chi connectivity index (χ4v) is 2.75. The van der Waals surface area contributed by atoms with E-state index in [1.807, 2.05) is 18.4 Å². The Morgan fingerprint density at radius 1 is 1.15 bits per heavy atom. The van der Waals surface area contributed by atoms with Crippen molar-refractivity contribution in [3.05, 3.63) is 60.8 Å². The quantitative estimate of drug-likeness (QED) is 0.709. The van der Waals surface area contributed by atoms with Crippen LogP contribution in [0.25, 0.3) is 10.8 Å². The number of aromatic nitrogens is 2. The number of rotatable bonds is 2. The Kier molecular flexibility index (Phi) is 3.08. The summed E-state index contributed by atoms with van der Waals surface area (Å²) in [5.74, 6) is 0. The molecule has 5 nitrogen and oxygen atoms in total. The van der Waals surface area contributed by atoms with Crippen LogP contribution in [-0.2, 0) is 0 Å². The summed E-state index contributed by atoms with van der Waals surface area (Å²) in [5, 5.41) is 7.26. The maximum atomic E-state index is 11.9. The third kappa shape index (κ3) is 2.10. The van der Waals surface area contributed by atoms with Crippen molar-refractivity contribution in [2.75, 3.05) is 0 Å². The summed E-state index contributed by atoms with van der Waals surface area (Å²) in [6, 6.07) is 7.05. The van der Waals surface area contributed by atoms with Gasteiger partial charge in [-0.1, -0.05) is 6.07 Å². The Morgan fingerprint density at radius 3 is 2.70 bits per heavy atom. The van der Waals surface area contributed by atoms with E-state index >= 15 is 0 Å². The molecule has 0 spiro atoms. The molecule has 0 fully saturated rings. The highest BCUT2D eigenvalue weighted by Gasteiger charge is 2.07. The number of aliphatic imine (C=N–C) groups is 1. The second-order valence-electron chi connectivity index (χ2n) is 4.33. The summed E-state index contributed by atoms with van der Waals surface area (Å²) < 4.78 is 0. The van der Waals surface area contributed by atoms with Gasteiger partial charge >= 0.3 is 0 Å². The van der Waals surface area contributed by atoms with Crippen molar-refractivity contribution in [1.29, 1.82) is 0 Å². The van der Waals surface area contributed by atoms with Crippen LogP contribution >= 0.6 is 11.3 Å². The molecule has 1 aromatic carbocycles. The van der Waals surface area contributed by atoms with E-state index in [1.54, 1.807) is 35.8 Å². The molecule has 0 radical (unpaired) electrons. The Hall–Kier alpha value is -2.47. The molecule has 3 rings (SSSR count). The smallest absolute Gasteiger partial charge is 0.267 e. The number of nitrogens with zero attached hydrogens (tertiary/aromatic N) is 1. The van der Waals surface area contributed by atoms with Crippen LogP contribution in [0.15, 0.2) is 44.2 Å². The van der Waals surface area contributed by atoms with Crippen molar-refractivity contribution in [3.63, 3.8) is 0 Å². The largest absolute Gasteiger partial charge is 0.272 e. The molecule has 2 heterocycles. The van der Waals surface area contributed by atoms with Crippen LogP contribution in [0, 0.1) is 6.92 Å². The minimum absolute atomic E-state index is 0.307. The zero-order chi connectivity index (χ0) is 14.1. The summed E-state index contributed by atoms with van der Waals surface area (Å²) in [4.78, 5) is 29.0. The van der Waals surface area contributed by atoms with Crippen LogP contribution in [0.5, 0.6) is 0 Å². The van der Waals surface area contributed by atoms with Gasteiger partial charge in [-0.05, 0) is 36.1 Å². The van der Waals surface area contributed by atoms with Crippen LogP contribution in [0.1, 0.15) is 10.4 Å². The minimum atomic E-state index is -0.352. The van der Waals surface area contributed by atoms with Crippen molar-refractivity contribution in [3.8, 4) is 0 Å². The van der Waals surface area contributed by atoms with E-state index < -0.39 is 0 Å². The van der Waals surface area contributed by atoms with Gasteiger partial charge in [-0.25, -0.2) is 0 Å². The van der Waals surface area contributed by atoms with E-state index in [4.69, 9.17) is 0 Å². The summed E-state index contributed by atoms with van der Waals surface area (Å²) in [6.45, 7) is 2.00. The van der Waals surface area contributed by atoms with Gasteiger partial charge in [0, 0.05) is 11.1 Å². The van der Waals surface area contributed by atoms with Crippen LogP contribution in [-0.4, -0.2) is 16.4 Å². The lowest BCUT2D eigenvalue weighted by Gasteiger charge is -1.99. The Labute approximate surface area is 117 Å². The van der Waals surface area contributed by atoms with Gasteiger partial charge in [0.2, 0.25) is 0 Å². The molecule has 2 aromatic heterocycles. The van der Waals surface area contributed by atoms with E-state index in [0.717, 1.165) is 10.4 Å². The molecular weight excluding hydrogens is 274 g/mol. The highest BCUT2D eigenvalue weighted by molar-refractivity contribution is 7.11. The van der Waals surface area contributed by atoms with E-state index in [0.29, 0.717) is 16.5 Å². The molecule has 0 atom stereocenters. The van der Waals surface area contributed by atoms with Gasteiger partial charge in [0.25, 0.3) is 11.1 Å². The lowest BCUT2D eigenvalue weighted by molar-refractivity contribution is 0.976. The van der Waals surface area contributed by atoms with E-state index in [9.17, 15) is 9.59 Å². The molecule has 0 saturated heterocycles. The molecule has 0 amide bonds. The summed E-state index contributed by atoms with van der Waals surface area (Å²) in [6.07, 6.45) is 1.72. The number of aromatic amines is 2. The van der Waals surface area contributed by atoms with Gasteiger partial charge in [0.1, 0.15) is 0 Å². The van der Waals surface area contributed by atoms with Crippen molar-refractivity contribution < 1.29 is 0 Å². The van der Waals surface area contributed by atoms with Crippen molar-refractivity contribution in [2.24, 2.45) is 4.99 Å². The summed E-state index contributed by atoms with van der Waals surface area (Å²) in [7, 11) is 0. The van der Waals surface area contributed by atoms with Gasteiger partial charge in [-0.2, -0.15) is 0 Å². The number of nitrogens with one attached hydrogen (secondary N) is 2. The third-order valence-corrected chi connectivity index (χ3v) is 3.98. The highest BCUT2D eigenvalue weighted by atomic mass is 32.1. The van der Waals surface area contributed by atoms with Gasteiger partial charge in [-0.15, -0.1) is 11.3 Å². The molecule has 0 aliphatic rings. The molecule has 0 aliphatic heterocycles. The predicted molar refractivity (Wildman–Crippen MR) is 81.5 cm³/mol. The average Bonchev–Trinajstić information content (AvgIpc) is 2.86. The first kappa shape index (κ1) is 12.6. The minimum Gasteiger partial charge on any atom is -0.267 e. The standard InChI is InChI=1S/C14H11N3O2S/c1-8-5-6-20-11(8)7-15-10-4-2-3-9-12(10)14(19)17-16-13(9)18/h2-7H,1H3,(H,16,18)(H,17,19). The van der Waals surface area contributed by atoms with Gasteiger partial charge < -0.3 is 0 Å². The number of aryl methyl sites for hydroxylation is 1. The first-order chi connectivity index (χ1) is 9.66. The first-order valence-electron chi connectivity index (χ1n) is 5.98. The fraction of sp³-hybridized carbons (Fsp3) is 0.0714. The first-order valence-corrected chi connectivity index (χ1v) is 6.86. The van der Waals surface area contributed by atoms with Crippen molar-refractivity contribution in [1.82, 2.24) is 10.2 Å². The number of H-pyrrole nitrogens is 2. The molecule has 20 heavy (non-hydrogen) atoms. The normalized spacial score (nSPS) is 11.4. The lowest BCUT2D eigenvalue weighted by atomic mass is 10.1. The maximum Gasteiger partial charge on any atom is 0.272 e. The molecule has 100 valence electrons. The predicted octanol–water partition coefficient (Wildman–Crippen LogP) is 2.34. The molecular formula is C14H11N3O2S. The number of hydrogen-bond acceptors (Lipinski definition) is 4. The molecule has 2 N–H and O–H groups in total. The maximum absolute atomic E-state index is 11.9. The molecule has 0 unspecified atom stereocenters. The lowest BCUT2D eigenvalue weighted by Crippen LogP contribution is -2.18. The van der Waals surface area contributed by atoms with E-state index in [1.165, 1.54) is 0 Å². The molecule has 6 heteroatoms. The summed E-state index contributed by atoms with van der Waals surface area (Å²) >= 11 is 1.58. The molecule has 0 aliphatic carbocycles. The second kappa shape index (κ2) is 4.90.